The van der Waals surface area contributed by atoms with Crippen molar-refractivity contribution in [2.24, 2.45) is 15.1 Å². The average molecular weight is 377 g/mol. The second kappa shape index (κ2) is 9.14. The minimum atomic E-state index is -0.261. The van der Waals surface area contributed by atoms with Crippen molar-refractivity contribution in [3.05, 3.63) is 106 Å². The van der Waals surface area contributed by atoms with E-state index in [-0.39, 0.29) is 12.4 Å². The van der Waals surface area contributed by atoms with E-state index in [9.17, 15) is 4.39 Å². The lowest BCUT2D eigenvalue weighted by molar-refractivity contribution is 0.611. The van der Waals surface area contributed by atoms with Crippen molar-refractivity contribution in [3.8, 4) is 0 Å². The topological polar surface area (TPSA) is 50.7 Å². The molecule has 5 heteroatoms. The zero-order chi connectivity index (χ0) is 19.1. The van der Waals surface area contributed by atoms with Crippen molar-refractivity contribution in [1.82, 2.24) is 0 Å². The minimum absolute atomic E-state index is 0.240. The van der Waals surface area contributed by atoms with Gasteiger partial charge in [0.25, 0.3) is 0 Å². The van der Waals surface area contributed by atoms with Gasteiger partial charge in [-0.25, -0.2) is 8.79 Å². The van der Waals surface area contributed by atoms with Crippen molar-refractivity contribution in [3.63, 3.8) is 0 Å². The van der Waals surface area contributed by atoms with Crippen LogP contribution < -0.4 is 5.73 Å². The van der Waals surface area contributed by atoms with E-state index < -0.39 is 0 Å². The molecule has 2 N–H and O–H groups in total. The molecule has 136 valence electrons. The van der Waals surface area contributed by atoms with Crippen LogP contribution in [0, 0.1) is 12.7 Å². The molecule has 0 fully saturated rings. The Kier molecular flexibility index (Phi) is 6.39. The van der Waals surface area contributed by atoms with Crippen LogP contribution in [0.1, 0.15) is 16.7 Å². The highest BCUT2D eigenvalue weighted by atomic mass is 32.2. The lowest BCUT2D eigenvalue weighted by atomic mass is 10.1. The Bertz CT molecular complexity index is 954. The second-order valence-corrected chi connectivity index (χ2v) is 6.85. The van der Waals surface area contributed by atoms with Crippen LogP contribution in [-0.4, -0.2) is 11.9 Å². The fourth-order valence-corrected chi connectivity index (χ4v) is 3.00. The number of halogens is 1. The molecule has 1 aliphatic rings. The molecule has 0 atom stereocenters. The van der Waals surface area contributed by atoms with Gasteiger partial charge in [-0.15, -0.1) is 0 Å². The fraction of sp³-hybridized carbons (Fsp3) is 0.0909. The molecule has 0 unspecified atom stereocenters. The van der Waals surface area contributed by atoms with E-state index in [0.29, 0.717) is 17.0 Å². The van der Waals surface area contributed by atoms with E-state index in [1.165, 1.54) is 18.0 Å². The second-order valence-electron chi connectivity index (χ2n) is 6.02. The summed E-state index contributed by atoms with van der Waals surface area (Å²) in [6.07, 6.45) is 9.18. The summed E-state index contributed by atoms with van der Waals surface area (Å²) in [6.45, 7) is 2.27. The van der Waals surface area contributed by atoms with Gasteiger partial charge in [0.2, 0.25) is 0 Å². The van der Waals surface area contributed by atoms with Crippen molar-refractivity contribution in [2.75, 3.05) is 0 Å². The first-order chi connectivity index (χ1) is 13.1. The molecule has 3 rings (SSSR count). The molecule has 0 amide bonds. The summed E-state index contributed by atoms with van der Waals surface area (Å²) in [5, 5.41) is 0. The zero-order valence-electron chi connectivity index (χ0n) is 15.0. The van der Waals surface area contributed by atoms with Crippen molar-refractivity contribution in [2.45, 2.75) is 13.5 Å². The maximum Gasteiger partial charge on any atom is 0.128 e. The molecular formula is C22H20FN3S. The van der Waals surface area contributed by atoms with Crippen LogP contribution in [0.25, 0.3) is 0 Å². The fourth-order valence-electron chi connectivity index (χ4n) is 2.45. The molecule has 0 aliphatic carbocycles. The quantitative estimate of drug-likeness (QED) is 0.579. The smallest absolute Gasteiger partial charge is 0.128 e. The summed E-state index contributed by atoms with van der Waals surface area (Å²) in [7, 11) is 0. The monoisotopic (exact) mass is 377 g/mol. The number of hydrogen-bond donors (Lipinski definition) is 1. The van der Waals surface area contributed by atoms with Gasteiger partial charge in [0.15, 0.2) is 0 Å². The highest BCUT2D eigenvalue weighted by molar-refractivity contribution is 8.02. The highest BCUT2D eigenvalue weighted by Crippen LogP contribution is 2.24. The molecule has 2 aromatic rings. The molecule has 1 heterocycles. The van der Waals surface area contributed by atoms with Gasteiger partial charge >= 0.3 is 0 Å². The summed E-state index contributed by atoms with van der Waals surface area (Å²) in [4.78, 5) is 5.48. The Morgan fingerprint density at radius 3 is 2.70 bits per heavy atom. The van der Waals surface area contributed by atoms with E-state index in [0.717, 1.165) is 16.0 Å². The van der Waals surface area contributed by atoms with Crippen molar-refractivity contribution >= 4 is 23.9 Å². The van der Waals surface area contributed by atoms with E-state index in [4.69, 9.17) is 5.73 Å². The maximum atomic E-state index is 13.9. The predicted molar refractivity (Wildman–Crippen MR) is 113 cm³/mol. The predicted octanol–water partition coefficient (Wildman–Crippen LogP) is 5.14. The average Bonchev–Trinajstić information content (AvgIpc) is 2.96. The van der Waals surface area contributed by atoms with Crippen molar-refractivity contribution in [1.29, 1.82) is 0 Å². The molecule has 1 aliphatic heterocycles. The van der Waals surface area contributed by atoms with Crippen molar-refractivity contribution < 1.29 is 4.39 Å². The van der Waals surface area contributed by atoms with Gasteiger partial charge in [-0.05, 0) is 36.8 Å². The number of nitrogens with zero attached hydrogens (tertiary/aromatic N) is 2. The number of nitrogens with two attached hydrogens (primary N) is 1. The van der Waals surface area contributed by atoms with E-state index >= 15 is 0 Å². The Morgan fingerprint density at radius 1 is 1.15 bits per heavy atom. The number of benzene rings is 2. The molecule has 0 saturated carbocycles. The third-order valence-corrected chi connectivity index (χ3v) is 4.75. The molecular weight excluding hydrogens is 357 g/mol. The summed E-state index contributed by atoms with van der Waals surface area (Å²) in [5.74, 6) is -0.261. The van der Waals surface area contributed by atoms with E-state index in [2.05, 4.69) is 9.39 Å². The van der Waals surface area contributed by atoms with Gasteiger partial charge in [-0.3, -0.25) is 4.99 Å². The summed E-state index contributed by atoms with van der Waals surface area (Å²) in [5.41, 5.74) is 10.2. The van der Waals surface area contributed by atoms with Gasteiger partial charge < -0.3 is 5.73 Å². The lowest BCUT2D eigenvalue weighted by Gasteiger charge is -2.08. The molecule has 2 aromatic carbocycles. The first-order valence-electron chi connectivity index (χ1n) is 8.53. The zero-order valence-corrected chi connectivity index (χ0v) is 15.8. The maximum absolute atomic E-state index is 13.9. The third kappa shape index (κ3) is 5.28. The molecule has 0 aromatic heterocycles. The van der Waals surface area contributed by atoms with Crippen LogP contribution in [0.2, 0.25) is 0 Å². The van der Waals surface area contributed by atoms with Crippen LogP contribution in [0.3, 0.4) is 0 Å². The molecule has 0 spiro atoms. The number of allylic oxidation sites excluding steroid dienone is 4. The number of aryl methyl sites for hydroxylation is 1. The standard InChI is InChI=1S/C22H20FN3S/c1-16-9-11-17(12-10-16)21(25-15-18-6-2-3-7-19(18)23)14-20(24)22-8-4-5-13-26-27-22/h2-14H,15,24H2,1H3. The van der Waals surface area contributed by atoms with Gasteiger partial charge in [-0.2, -0.15) is 0 Å². The molecule has 0 radical (unpaired) electrons. The Labute approximate surface area is 163 Å². The lowest BCUT2D eigenvalue weighted by Crippen LogP contribution is -2.06. The first-order valence-corrected chi connectivity index (χ1v) is 9.30. The SMILES string of the molecule is Cc1ccc(C(C=C(N)C2=CC=CC=NS2)=NCc2ccccc2F)cc1. The largest absolute Gasteiger partial charge is 0.398 e. The molecule has 27 heavy (non-hydrogen) atoms. The Balaban J connectivity index is 1.95. The van der Waals surface area contributed by atoms with E-state index in [1.807, 2.05) is 55.5 Å². The van der Waals surface area contributed by atoms with Crippen LogP contribution in [0.15, 0.2) is 92.8 Å². The van der Waals surface area contributed by atoms with Gasteiger partial charge in [-0.1, -0.05) is 54.1 Å². The first kappa shape index (κ1) is 18.9. The van der Waals surface area contributed by atoms with Crippen LogP contribution in [0.4, 0.5) is 4.39 Å². The van der Waals surface area contributed by atoms with Gasteiger partial charge in [0.1, 0.15) is 5.82 Å². The summed E-state index contributed by atoms with van der Waals surface area (Å²) < 4.78 is 18.1. The van der Waals surface area contributed by atoms with Gasteiger partial charge in [0, 0.05) is 29.4 Å². The van der Waals surface area contributed by atoms with Crippen LogP contribution >= 0.6 is 11.9 Å². The minimum Gasteiger partial charge on any atom is -0.398 e. The number of rotatable bonds is 5. The normalized spacial score (nSPS) is 14.8. The number of hydrogen-bond acceptors (Lipinski definition) is 4. The molecule has 0 saturated heterocycles. The highest BCUT2D eigenvalue weighted by Gasteiger charge is 2.08. The van der Waals surface area contributed by atoms with Crippen LogP contribution in [0.5, 0.6) is 0 Å². The summed E-state index contributed by atoms with van der Waals surface area (Å²) >= 11 is 1.31. The number of aliphatic imine (C=N–C) groups is 1. The third-order valence-electron chi connectivity index (χ3n) is 3.96. The Morgan fingerprint density at radius 2 is 1.93 bits per heavy atom. The molecule has 3 nitrogen and oxygen atoms in total. The van der Waals surface area contributed by atoms with Gasteiger partial charge in [0.05, 0.1) is 17.2 Å². The van der Waals surface area contributed by atoms with Crippen LogP contribution in [-0.2, 0) is 6.54 Å². The summed E-state index contributed by atoms with van der Waals surface area (Å²) in [6, 6.07) is 14.7. The van der Waals surface area contributed by atoms with E-state index in [1.54, 1.807) is 24.4 Å². The molecule has 0 bridgehead atoms. The Hall–Kier alpha value is -2.92.